The highest BCUT2D eigenvalue weighted by Gasteiger charge is 2.37. The maximum absolute atomic E-state index is 14.3. The molecule has 0 amide bonds. The first kappa shape index (κ1) is 22.1. The number of nitrogens with zero attached hydrogens (tertiary/aromatic N) is 1. The summed E-state index contributed by atoms with van der Waals surface area (Å²) in [6, 6.07) is 9.98. The number of ether oxygens (including phenoxy) is 1. The summed E-state index contributed by atoms with van der Waals surface area (Å²) in [6.45, 7) is 0.896. The third-order valence-electron chi connectivity index (χ3n) is 5.18. The normalized spacial score (nSPS) is 14.1. The molecule has 0 unspecified atom stereocenters. The number of fused-ring (bicyclic) bond motifs is 1. The molecular weight excluding hydrogens is 453 g/mol. The number of hydrogen-bond donors (Lipinski definition) is 0. The average molecular weight is 469 g/mol. The van der Waals surface area contributed by atoms with E-state index in [9.17, 15) is 30.4 Å². The van der Waals surface area contributed by atoms with Crippen LogP contribution in [0.4, 0.5) is 27.6 Å². The molecular formula is C22H16F5NO3S. The molecule has 4 rings (SSSR count). The van der Waals surface area contributed by atoms with Gasteiger partial charge in [-0.15, -0.1) is 0 Å². The third-order valence-corrected chi connectivity index (χ3v) is 7.13. The second kappa shape index (κ2) is 7.77. The van der Waals surface area contributed by atoms with Gasteiger partial charge in [0.05, 0.1) is 22.7 Å². The Balaban J connectivity index is 1.85. The summed E-state index contributed by atoms with van der Waals surface area (Å²) in [5.74, 6) is -1.24. The van der Waals surface area contributed by atoms with Gasteiger partial charge >= 0.3 is 6.18 Å². The minimum absolute atomic E-state index is 0.0224. The molecule has 0 N–H and O–H groups in total. The van der Waals surface area contributed by atoms with Crippen molar-refractivity contribution in [2.75, 3.05) is 17.5 Å². The molecule has 0 aliphatic carbocycles. The number of benzene rings is 3. The van der Waals surface area contributed by atoms with Gasteiger partial charge in [0.15, 0.2) is 0 Å². The lowest BCUT2D eigenvalue weighted by Crippen LogP contribution is -2.38. The van der Waals surface area contributed by atoms with Crippen LogP contribution in [0.5, 0.6) is 5.75 Å². The summed E-state index contributed by atoms with van der Waals surface area (Å²) in [5, 5.41) is 0. The molecule has 1 heterocycles. The van der Waals surface area contributed by atoms with Crippen LogP contribution < -0.4 is 9.04 Å². The number of hydrogen-bond acceptors (Lipinski definition) is 3. The second-order valence-corrected chi connectivity index (χ2v) is 8.99. The number of alkyl halides is 3. The summed E-state index contributed by atoms with van der Waals surface area (Å²) >= 11 is 0. The van der Waals surface area contributed by atoms with Crippen molar-refractivity contribution in [2.24, 2.45) is 0 Å². The second-order valence-electron chi connectivity index (χ2n) is 7.16. The number of sulfonamides is 1. The van der Waals surface area contributed by atoms with Crippen LogP contribution >= 0.6 is 0 Å². The van der Waals surface area contributed by atoms with Gasteiger partial charge in [-0.2, -0.15) is 13.2 Å². The predicted molar refractivity (Wildman–Crippen MR) is 108 cm³/mol. The molecule has 0 radical (unpaired) electrons. The molecule has 10 heteroatoms. The maximum atomic E-state index is 14.3. The van der Waals surface area contributed by atoms with Crippen LogP contribution in [0.25, 0.3) is 11.1 Å². The highest BCUT2D eigenvalue weighted by Crippen LogP contribution is 2.41. The Morgan fingerprint density at radius 3 is 2.47 bits per heavy atom. The smallest absolute Gasteiger partial charge is 0.416 e. The van der Waals surface area contributed by atoms with Crippen LogP contribution in [0, 0.1) is 18.6 Å². The molecule has 1 aliphatic rings. The van der Waals surface area contributed by atoms with Gasteiger partial charge in [0.25, 0.3) is 10.0 Å². The van der Waals surface area contributed by atoms with Gasteiger partial charge in [-0.05, 0) is 60.5 Å². The van der Waals surface area contributed by atoms with Crippen molar-refractivity contribution in [3.63, 3.8) is 0 Å². The van der Waals surface area contributed by atoms with Crippen LogP contribution in [-0.2, 0) is 16.2 Å². The lowest BCUT2D eigenvalue weighted by molar-refractivity contribution is -0.138. The molecule has 0 atom stereocenters. The zero-order valence-corrected chi connectivity index (χ0v) is 17.4. The summed E-state index contributed by atoms with van der Waals surface area (Å²) in [5.41, 5.74) is -1.37. The SMILES string of the molecule is Cc1c(C(F)(F)F)cccc1S(=O)(=O)N1CCOc2ccc(-c3cc(F)ccc3F)cc21. The summed E-state index contributed by atoms with van der Waals surface area (Å²) in [4.78, 5) is -0.498. The van der Waals surface area contributed by atoms with E-state index in [2.05, 4.69) is 0 Å². The Hall–Kier alpha value is -3.14. The molecule has 0 bridgehead atoms. The van der Waals surface area contributed by atoms with Crippen molar-refractivity contribution in [3.8, 4) is 16.9 Å². The molecule has 0 aromatic heterocycles. The lowest BCUT2D eigenvalue weighted by atomic mass is 10.0. The first-order valence-electron chi connectivity index (χ1n) is 9.42. The Bertz CT molecular complexity index is 1310. The standard InChI is InChI=1S/C22H16F5NO3S/c1-13-17(22(25,26)27)3-2-4-21(13)32(29,30)28-9-10-31-20-8-5-14(11-19(20)28)16-12-15(23)6-7-18(16)24/h2-8,11-12H,9-10H2,1H3. The first-order valence-corrected chi connectivity index (χ1v) is 10.9. The van der Waals surface area contributed by atoms with E-state index in [-0.39, 0.29) is 35.7 Å². The molecule has 0 saturated heterocycles. The van der Waals surface area contributed by atoms with Crippen LogP contribution in [0.1, 0.15) is 11.1 Å². The average Bonchev–Trinajstić information content (AvgIpc) is 2.73. The van der Waals surface area contributed by atoms with Crippen molar-refractivity contribution < 1.29 is 35.1 Å². The largest absolute Gasteiger partial charge is 0.489 e. The van der Waals surface area contributed by atoms with Crippen molar-refractivity contribution >= 4 is 15.7 Å². The zero-order valence-electron chi connectivity index (χ0n) is 16.6. The van der Waals surface area contributed by atoms with E-state index in [1.54, 1.807) is 0 Å². The third kappa shape index (κ3) is 3.79. The van der Waals surface area contributed by atoms with Gasteiger partial charge < -0.3 is 4.74 Å². The van der Waals surface area contributed by atoms with Gasteiger partial charge in [-0.1, -0.05) is 12.1 Å². The molecule has 1 aliphatic heterocycles. The molecule has 0 saturated carbocycles. The van der Waals surface area contributed by atoms with E-state index in [0.29, 0.717) is 0 Å². The minimum Gasteiger partial charge on any atom is -0.489 e. The Kier molecular flexibility index (Phi) is 5.36. The molecule has 0 fully saturated rings. The number of rotatable bonds is 3. The molecule has 4 nitrogen and oxygen atoms in total. The Labute approximate surface area is 180 Å². The van der Waals surface area contributed by atoms with Gasteiger partial charge in [0.2, 0.25) is 0 Å². The van der Waals surface area contributed by atoms with Crippen LogP contribution in [0.15, 0.2) is 59.5 Å². The van der Waals surface area contributed by atoms with Crippen LogP contribution in [0.3, 0.4) is 0 Å². The fourth-order valence-electron chi connectivity index (χ4n) is 3.65. The molecule has 32 heavy (non-hydrogen) atoms. The van der Waals surface area contributed by atoms with E-state index in [1.807, 2.05) is 0 Å². The van der Waals surface area contributed by atoms with Gasteiger partial charge in [-0.3, -0.25) is 4.31 Å². The summed E-state index contributed by atoms with van der Waals surface area (Å²) < 4.78 is 101. The summed E-state index contributed by atoms with van der Waals surface area (Å²) in [7, 11) is -4.42. The van der Waals surface area contributed by atoms with Crippen molar-refractivity contribution in [1.29, 1.82) is 0 Å². The zero-order chi connectivity index (χ0) is 23.3. The fourth-order valence-corrected chi connectivity index (χ4v) is 5.35. The minimum atomic E-state index is -4.72. The number of anilines is 1. The molecule has 3 aromatic rings. The highest BCUT2D eigenvalue weighted by molar-refractivity contribution is 7.92. The van der Waals surface area contributed by atoms with Crippen LogP contribution in [-0.4, -0.2) is 21.6 Å². The van der Waals surface area contributed by atoms with Crippen molar-refractivity contribution in [3.05, 3.63) is 77.4 Å². The van der Waals surface area contributed by atoms with E-state index < -0.39 is 43.9 Å². The molecule has 0 spiro atoms. The van der Waals surface area contributed by atoms with Crippen molar-refractivity contribution in [1.82, 2.24) is 0 Å². The quantitative estimate of drug-likeness (QED) is 0.473. The molecule has 168 valence electrons. The van der Waals surface area contributed by atoms with Crippen molar-refractivity contribution in [2.45, 2.75) is 18.0 Å². The van der Waals surface area contributed by atoms with Gasteiger partial charge in [-0.25, -0.2) is 17.2 Å². The Morgan fingerprint density at radius 1 is 1.00 bits per heavy atom. The monoisotopic (exact) mass is 469 g/mol. The van der Waals surface area contributed by atoms with E-state index in [0.717, 1.165) is 47.6 Å². The van der Waals surface area contributed by atoms with E-state index in [1.165, 1.54) is 18.2 Å². The first-order chi connectivity index (χ1) is 15.0. The van der Waals surface area contributed by atoms with E-state index >= 15 is 0 Å². The predicted octanol–water partition coefficient (Wildman–Crippen LogP) is 5.55. The van der Waals surface area contributed by atoms with Crippen LogP contribution in [0.2, 0.25) is 0 Å². The molecule has 3 aromatic carbocycles. The summed E-state index contributed by atoms with van der Waals surface area (Å²) in [6.07, 6.45) is -4.72. The number of halogens is 5. The Morgan fingerprint density at radius 2 is 1.75 bits per heavy atom. The fraction of sp³-hybridized carbons (Fsp3) is 0.182. The highest BCUT2D eigenvalue weighted by atomic mass is 32.2. The van der Waals surface area contributed by atoms with E-state index in [4.69, 9.17) is 4.74 Å². The lowest BCUT2D eigenvalue weighted by Gasteiger charge is -2.31. The topological polar surface area (TPSA) is 46.6 Å². The van der Waals surface area contributed by atoms with Gasteiger partial charge in [0, 0.05) is 5.56 Å². The maximum Gasteiger partial charge on any atom is 0.416 e. The van der Waals surface area contributed by atoms with Gasteiger partial charge in [0.1, 0.15) is 24.0 Å².